The number of hydrogen-bond donors (Lipinski definition) is 2. The van der Waals surface area contributed by atoms with Crippen molar-refractivity contribution in [2.75, 3.05) is 23.3 Å². The van der Waals surface area contributed by atoms with E-state index in [0.29, 0.717) is 28.5 Å². The smallest absolute Gasteiger partial charge is 0.257 e. The first kappa shape index (κ1) is 23.2. The number of nitrogens with one attached hydrogen (secondary N) is 2. The molecule has 4 aromatic rings. The Balaban J connectivity index is 1.40. The highest BCUT2D eigenvalue weighted by atomic mass is 19.1. The van der Waals surface area contributed by atoms with E-state index in [4.69, 9.17) is 0 Å². The van der Waals surface area contributed by atoms with E-state index in [0.717, 1.165) is 37.0 Å². The van der Waals surface area contributed by atoms with Crippen LogP contribution in [0, 0.1) is 12.7 Å². The minimum atomic E-state index is -0.500. The monoisotopic (exact) mass is 475 g/mol. The van der Waals surface area contributed by atoms with E-state index in [1.807, 2.05) is 12.1 Å². The molecule has 0 atom stereocenters. The molecule has 1 fully saturated rings. The van der Waals surface area contributed by atoms with E-state index < -0.39 is 5.82 Å². The SMILES string of the molecule is Cc1cn2cc(NC(=O)c3ccc(N4CCC(NC(C)(C)C)CC4)c4ccnnc34)cc(F)c2n1. The van der Waals surface area contributed by atoms with Crippen molar-refractivity contribution in [3.05, 3.63) is 59.9 Å². The van der Waals surface area contributed by atoms with Crippen LogP contribution in [0.1, 0.15) is 49.7 Å². The number of carbonyl (C=O) groups excluding carboxylic acids is 1. The number of benzene rings is 1. The molecule has 4 heterocycles. The van der Waals surface area contributed by atoms with Crippen molar-refractivity contribution >= 4 is 33.8 Å². The summed E-state index contributed by atoms with van der Waals surface area (Å²) in [4.78, 5) is 19.7. The van der Waals surface area contributed by atoms with Gasteiger partial charge in [0.05, 0.1) is 23.1 Å². The maximum absolute atomic E-state index is 14.5. The Morgan fingerprint density at radius 2 is 1.91 bits per heavy atom. The van der Waals surface area contributed by atoms with Gasteiger partial charge in [0.2, 0.25) is 0 Å². The number of aromatic nitrogens is 4. The van der Waals surface area contributed by atoms with Crippen molar-refractivity contribution in [1.82, 2.24) is 24.9 Å². The Kier molecular flexibility index (Phi) is 5.88. The van der Waals surface area contributed by atoms with Crippen LogP contribution in [0.2, 0.25) is 0 Å². The summed E-state index contributed by atoms with van der Waals surface area (Å²) < 4.78 is 16.0. The Labute approximate surface area is 203 Å². The number of pyridine rings is 1. The molecule has 0 spiro atoms. The average molecular weight is 476 g/mol. The lowest BCUT2D eigenvalue weighted by atomic mass is 9.98. The largest absolute Gasteiger partial charge is 0.371 e. The molecule has 1 saturated heterocycles. The van der Waals surface area contributed by atoms with Crippen molar-refractivity contribution in [2.24, 2.45) is 0 Å². The second kappa shape index (κ2) is 8.88. The zero-order chi connectivity index (χ0) is 24.7. The number of nitrogens with zero attached hydrogens (tertiary/aromatic N) is 5. The van der Waals surface area contributed by atoms with Gasteiger partial charge in [-0.15, -0.1) is 5.10 Å². The summed E-state index contributed by atoms with van der Waals surface area (Å²) in [6, 6.07) is 7.40. The highest BCUT2D eigenvalue weighted by Gasteiger charge is 2.25. The molecule has 3 aromatic heterocycles. The van der Waals surface area contributed by atoms with Gasteiger partial charge in [-0.3, -0.25) is 4.79 Å². The van der Waals surface area contributed by atoms with Crippen molar-refractivity contribution in [2.45, 2.75) is 52.1 Å². The second-order valence-electron chi connectivity index (χ2n) is 10.2. The van der Waals surface area contributed by atoms with Crippen LogP contribution in [0.5, 0.6) is 0 Å². The van der Waals surface area contributed by atoms with Gasteiger partial charge in [0.25, 0.3) is 5.91 Å². The van der Waals surface area contributed by atoms with Crippen LogP contribution in [0.3, 0.4) is 0 Å². The number of amides is 1. The molecule has 0 radical (unpaired) electrons. The molecule has 1 aliphatic heterocycles. The lowest BCUT2D eigenvalue weighted by Crippen LogP contribution is -2.49. The molecule has 0 unspecified atom stereocenters. The number of hydrogen-bond acceptors (Lipinski definition) is 6. The molecular formula is C26H30FN7O. The fraction of sp³-hybridized carbons (Fsp3) is 0.385. The van der Waals surface area contributed by atoms with Crippen molar-refractivity contribution in [1.29, 1.82) is 0 Å². The minimum Gasteiger partial charge on any atom is -0.371 e. The highest BCUT2D eigenvalue weighted by molar-refractivity contribution is 6.13. The van der Waals surface area contributed by atoms with Crippen LogP contribution in [0.4, 0.5) is 15.8 Å². The van der Waals surface area contributed by atoms with E-state index >= 15 is 0 Å². The van der Waals surface area contributed by atoms with Crippen LogP contribution >= 0.6 is 0 Å². The molecule has 1 amide bonds. The van der Waals surface area contributed by atoms with Crippen LogP contribution in [0.25, 0.3) is 16.6 Å². The fourth-order valence-electron chi connectivity index (χ4n) is 4.85. The van der Waals surface area contributed by atoms with Crippen molar-refractivity contribution < 1.29 is 9.18 Å². The van der Waals surface area contributed by atoms with Crippen molar-refractivity contribution in [3.63, 3.8) is 0 Å². The van der Waals surface area contributed by atoms with Gasteiger partial charge in [-0.25, -0.2) is 9.37 Å². The zero-order valence-electron chi connectivity index (χ0n) is 20.5. The summed E-state index contributed by atoms with van der Waals surface area (Å²) in [7, 11) is 0. The number of piperidine rings is 1. The van der Waals surface area contributed by atoms with E-state index in [9.17, 15) is 9.18 Å². The van der Waals surface area contributed by atoms with Crippen molar-refractivity contribution in [3.8, 4) is 0 Å². The number of imidazole rings is 1. The molecule has 1 aromatic carbocycles. The molecule has 182 valence electrons. The number of fused-ring (bicyclic) bond motifs is 2. The summed E-state index contributed by atoms with van der Waals surface area (Å²) in [6.07, 6.45) is 7.09. The third kappa shape index (κ3) is 4.81. The first-order valence-corrected chi connectivity index (χ1v) is 11.9. The molecule has 2 N–H and O–H groups in total. The number of carbonyl (C=O) groups is 1. The van der Waals surface area contributed by atoms with E-state index in [1.54, 1.807) is 36.0 Å². The molecule has 8 nitrogen and oxygen atoms in total. The molecule has 1 aliphatic rings. The summed E-state index contributed by atoms with van der Waals surface area (Å²) in [5.74, 6) is -0.869. The summed E-state index contributed by atoms with van der Waals surface area (Å²) in [5.41, 5.74) is 3.31. The van der Waals surface area contributed by atoms with Gasteiger partial charge in [0, 0.05) is 54.2 Å². The Bertz CT molecular complexity index is 1400. The normalized spacial score (nSPS) is 15.2. The zero-order valence-corrected chi connectivity index (χ0v) is 20.5. The Morgan fingerprint density at radius 1 is 1.14 bits per heavy atom. The molecule has 0 bridgehead atoms. The van der Waals surface area contributed by atoms with Gasteiger partial charge >= 0.3 is 0 Å². The molecule has 35 heavy (non-hydrogen) atoms. The lowest BCUT2D eigenvalue weighted by molar-refractivity contribution is 0.102. The van der Waals surface area contributed by atoms with Crippen LogP contribution in [0.15, 0.2) is 42.9 Å². The predicted molar refractivity (Wildman–Crippen MR) is 136 cm³/mol. The summed E-state index contributed by atoms with van der Waals surface area (Å²) in [6.45, 7) is 10.2. The molecule has 5 rings (SSSR count). The van der Waals surface area contributed by atoms with Gasteiger partial charge in [0.15, 0.2) is 11.5 Å². The predicted octanol–water partition coefficient (Wildman–Crippen LogP) is 4.33. The molecule has 9 heteroatoms. The highest BCUT2D eigenvalue weighted by Crippen LogP contribution is 2.31. The average Bonchev–Trinajstić information content (AvgIpc) is 3.18. The number of anilines is 2. The first-order valence-electron chi connectivity index (χ1n) is 11.9. The van der Waals surface area contributed by atoms with Crippen LogP contribution < -0.4 is 15.5 Å². The summed E-state index contributed by atoms with van der Waals surface area (Å²) in [5, 5.41) is 15.7. The van der Waals surface area contributed by atoms with Crippen LogP contribution in [-0.2, 0) is 0 Å². The molecule has 0 saturated carbocycles. The maximum Gasteiger partial charge on any atom is 0.257 e. The topological polar surface area (TPSA) is 87.5 Å². The number of halogens is 1. The molecule has 0 aliphatic carbocycles. The van der Waals surface area contributed by atoms with E-state index in [-0.39, 0.29) is 17.1 Å². The quantitative estimate of drug-likeness (QED) is 0.457. The third-order valence-corrected chi connectivity index (χ3v) is 6.26. The first-order chi connectivity index (χ1) is 16.7. The second-order valence-corrected chi connectivity index (χ2v) is 10.2. The van der Waals surface area contributed by atoms with Gasteiger partial charge in [-0.05, 0) is 58.7 Å². The maximum atomic E-state index is 14.5. The van der Waals surface area contributed by atoms with Gasteiger partial charge in [0.1, 0.15) is 5.52 Å². The fourth-order valence-corrected chi connectivity index (χ4v) is 4.85. The van der Waals surface area contributed by atoms with E-state index in [1.165, 1.54) is 6.07 Å². The Morgan fingerprint density at radius 3 is 2.66 bits per heavy atom. The van der Waals surface area contributed by atoms with Crippen LogP contribution in [-0.4, -0.2) is 50.2 Å². The Hall–Kier alpha value is -3.59. The third-order valence-electron chi connectivity index (χ3n) is 6.26. The van der Waals surface area contributed by atoms with Gasteiger partial charge in [-0.2, -0.15) is 5.10 Å². The standard InChI is InChI=1S/C26H30FN7O/c1-16-14-34-15-18(13-21(27)24(34)29-16)30-25(35)20-5-6-22(19-7-10-28-32-23(19)20)33-11-8-17(9-12-33)31-26(2,3)4/h5-7,10,13-15,17,31H,8-9,11-12H2,1-4H3,(H,30,35). The number of rotatable bonds is 4. The molecular weight excluding hydrogens is 445 g/mol. The minimum absolute atomic E-state index is 0.0915. The number of aryl methyl sites for hydroxylation is 1. The lowest BCUT2D eigenvalue weighted by Gasteiger charge is -2.37. The summed E-state index contributed by atoms with van der Waals surface area (Å²) >= 11 is 0. The van der Waals surface area contributed by atoms with Gasteiger partial charge < -0.3 is 19.9 Å². The van der Waals surface area contributed by atoms with Gasteiger partial charge in [-0.1, -0.05) is 0 Å². The van der Waals surface area contributed by atoms with E-state index in [2.05, 4.69) is 51.5 Å².